The lowest BCUT2D eigenvalue weighted by Crippen LogP contribution is -2.06. The van der Waals surface area contributed by atoms with E-state index in [9.17, 15) is 4.79 Å². The lowest BCUT2D eigenvalue weighted by atomic mass is 9.88. The van der Waals surface area contributed by atoms with Gasteiger partial charge in [0.2, 0.25) is 0 Å². The summed E-state index contributed by atoms with van der Waals surface area (Å²) in [6.45, 7) is 2.20. The van der Waals surface area contributed by atoms with Crippen LogP contribution in [0, 0.1) is 0 Å². The van der Waals surface area contributed by atoms with E-state index in [1.54, 1.807) is 0 Å². The fourth-order valence-electron chi connectivity index (χ4n) is 3.06. The largest absolute Gasteiger partial charge is 0.289 e. The maximum Gasteiger partial charge on any atom is 0.193 e. The second-order valence-electron chi connectivity index (χ2n) is 6.00. The first kappa shape index (κ1) is 16.2. The molecule has 0 atom stereocenters. The van der Waals surface area contributed by atoms with Crippen LogP contribution in [0.4, 0.5) is 0 Å². The number of carbonyl (C=O) groups is 1. The van der Waals surface area contributed by atoms with E-state index in [1.807, 2.05) is 60.7 Å². The van der Waals surface area contributed by atoms with E-state index in [1.165, 1.54) is 5.56 Å². The van der Waals surface area contributed by atoms with Gasteiger partial charge in [-0.15, -0.1) is 0 Å². The van der Waals surface area contributed by atoms with Gasteiger partial charge in [-0.2, -0.15) is 0 Å². The quantitative estimate of drug-likeness (QED) is 0.516. The molecule has 0 saturated carbocycles. The van der Waals surface area contributed by atoms with Crippen molar-refractivity contribution in [3.63, 3.8) is 0 Å². The van der Waals surface area contributed by atoms with Gasteiger partial charge in [0.15, 0.2) is 5.78 Å². The Hall–Kier alpha value is -2.67. The highest BCUT2D eigenvalue weighted by molar-refractivity contribution is 6.13. The smallest absolute Gasteiger partial charge is 0.193 e. The first-order chi connectivity index (χ1) is 11.8. The van der Waals surface area contributed by atoms with Gasteiger partial charge in [0.1, 0.15) is 0 Å². The molecule has 3 aromatic carbocycles. The maximum absolute atomic E-state index is 13.1. The van der Waals surface area contributed by atoms with Gasteiger partial charge in [-0.05, 0) is 29.5 Å². The summed E-state index contributed by atoms with van der Waals surface area (Å²) in [5, 5.41) is 0. The molecule has 3 aromatic rings. The van der Waals surface area contributed by atoms with Crippen molar-refractivity contribution >= 4 is 5.78 Å². The minimum atomic E-state index is 0.0906. The number of aryl methyl sites for hydroxylation is 1. The van der Waals surface area contributed by atoms with Crippen molar-refractivity contribution in [3.8, 4) is 11.1 Å². The minimum Gasteiger partial charge on any atom is -0.289 e. The zero-order valence-corrected chi connectivity index (χ0v) is 14.0. The third-order valence-corrected chi connectivity index (χ3v) is 4.29. The topological polar surface area (TPSA) is 17.1 Å². The molecular weight excluding hydrogens is 292 g/mol. The Bertz CT molecular complexity index is 804. The monoisotopic (exact) mass is 314 g/mol. The van der Waals surface area contributed by atoms with Gasteiger partial charge >= 0.3 is 0 Å². The van der Waals surface area contributed by atoms with E-state index in [-0.39, 0.29) is 5.78 Å². The van der Waals surface area contributed by atoms with Crippen LogP contribution in [-0.2, 0) is 6.42 Å². The SMILES string of the molecule is CCCCc1cccc(C(=O)c2ccccc2)c1-c1ccccc1. The Kier molecular flexibility index (Phi) is 5.22. The molecule has 0 heterocycles. The predicted molar refractivity (Wildman–Crippen MR) is 100 cm³/mol. The van der Waals surface area contributed by atoms with E-state index in [0.29, 0.717) is 0 Å². The molecule has 0 fully saturated rings. The molecule has 0 amide bonds. The Morgan fingerprint density at radius 1 is 0.792 bits per heavy atom. The van der Waals surface area contributed by atoms with Crippen molar-refractivity contribution in [1.29, 1.82) is 0 Å². The summed E-state index contributed by atoms with van der Waals surface area (Å²) < 4.78 is 0. The van der Waals surface area contributed by atoms with Crippen LogP contribution in [0.2, 0.25) is 0 Å². The van der Waals surface area contributed by atoms with Crippen molar-refractivity contribution < 1.29 is 4.79 Å². The van der Waals surface area contributed by atoms with Crippen LogP contribution in [0.15, 0.2) is 78.9 Å². The first-order valence-corrected chi connectivity index (χ1v) is 8.58. The Morgan fingerprint density at radius 3 is 2.12 bits per heavy atom. The van der Waals surface area contributed by atoms with E-state index in [0.717, 1.165) is 41.5 Å². The molecule has 3 rings (SSSR count). The van der Waals surface area contributed by atoms with E-state index >= 15 is 0 Å². The lowest BCUT2D eigenvalue weighted by Gasteiger charge is -2.15. The fourth-order valence-corrected chi connectivity index (χ4v) is 3.06. The number of ketones is 1. The van der Waals surface area contributed by atoms with Gasteiger partial charge in [-0.1, -0.05) is 92.2 Å². The molecule has 0 aliphatic heterocycles. The minimum absolute atomic E-state index is 0.0906. The standard InChI is InChI=1S/C23H22O/c1-2-3-11-18-16-10-17-21(22(18)19-12-6-4-7-13-19)23(24)20-14-8-5-9-15-20/h4-10,12-17H,2-3,11H2,1H3. The summed E-state index contributed by atoms with van der Waals surface area (Å²) in [4.78, 5) is 13.1. The molecule has 0 aliphatic rings. The number of hydrogen-bond acceptors (Lipinski definition) is 1. The van der Waals surface area contributed by atoms with Crippen LogP contribution in [-0.4, -0.2) is 5.78 Å². The van der Waals surface area contributed by atoms with Crippen LogP contribution >= 0.6 is 0 Å². The zero-order valence-electron chi connectivity index (χ0n) is 14.0. The second-order valence-corrected chi connectivity index (χ2v) is 6.00. The molecular formula is C23H22O. The number of carbonyl (C=O) groups excluding carboxylic acids is 1. The molecule has 0 unspecified atom stereocenters. The van der Waals surface area contributed by atoms with Crippen molar-refractivity contribution in [3.05, 3.63) is 95.6 Å². The van der Waals surface area contributed by atoms with Gasteiger partial charge in [0, 0.05) is 11.1 Å². The molecule has 0 radical (unpaired) electrons. The van der Waals surface area contributed by atoms with Crippen molar-refractivity contribution in [1.82, 2.24) is 0 Å². The lowest BCUT2D eigenvalue weighted by molar-refractivity contribution is 0.103. The van der Waals surface area contributed by atoms with Crippen LogP contribution in [0.25, 0.3) is 11.1 Å². The second kappa shape index (κ2) is 7.74. The zero-order chi connectivity index (χ0) is 16.8. The Labute approximate surface area is 144 Å². The number of hydrogen-bond donors (Lipinski definition) is 0. The molecule has 24 heavy (non-hydrogen) atoms. The summed E-state index contributed by atoms with van der Waals surface area (Å²) in [7, 11) is 0. The molecule has 1 nitrogen and oxygen atoms in total. The first-order valence-electron chi connectivity index (χ1n) is 8.58. The van der Waals surface area contributed by atoms with Gasteiger partial charge in [-0.3, -0.25) is 4.79 Å². The highest BCUT2D eigenvalue weighted by atomic mass is 16.1. The highest BCUT2D eigenvalue weighted by Gasteiger charge is 2.17. The molecule has 0 aliphatic carbocycles. The van der Waals surface area contributed by atoms with Crippen molar-refractivity contribution in [2.45, 2.75) is 26.2 Å². The highest BCUT2D eigenvalue weighted by Crippen LogP contribution is 2.30. The Morgan fingerprint density at radius 2 is 1.46 bits per heavy atom. The summed E-state index contributed by atoms with van der Waals surface area (Å²) in [6, 6.07) is 25.9. The van der Waals surface area contributed by atoms with E-state index < -0.39 is 0 Å². The van der Waals surface area contributed by atoms with Gasteiger partial charge in [0.05, 0.1) is 0 Å². The third-order valence-electron chi connectivity index (χ3n) is 4.29. The van der Waals surface area contributed by atoms with Crippen LogP contribution in [0.1, 0.15) is 41.3 Å². The molecule has 1 heteroatoms. The van der Waals surface area contributed by atoms with E-state index in [4.69, 9.17) is 0 Å². The Balaban J connectivity index is 2.13. The molecule has 0 bridgehead atoms. The van der Waals surface area contributed by atoms with Crippen molar-refractivity contribution in [2.75, 3.05) is 0 Å². The molecule has 0 saturated heterocycles. The number of benzene rings is 3. The molecule has 120 valence electrons. The van der Waals surface area contributed by atoms with Crippen LogP contribution in [0.3, 0.4) is 0 Å². The van der Waals surface area contributed by atoms with Crippen LogP contribution < -0.4 is 0 Å². The maximum atomic E-state index is 13.1. The van der Waals surface area contributed by atoms with E-state index in [2.05, 4.69) is 25.1 Å². The molecule has 0 aromatic heterocycles. The average Bonchev–Trinajstić information content (AvgIpc) is 2.67. The van der Waals surface area contributed by atoms with Crippen LogP contribution in [0.5, 0.6) is 0 Å². The summed E-state index contributed by atoms with van der Waals surface area (Å²) in [5.74, 6) is 0.0906. The third kappa shape index (κ3) is 3.46. The van der Waals surface area contributed by atoms with Crippen molar-refractivity contribution in [2.24, 2.45) is 0 Å². The van der Waals surface area contributed by atoms with Gasteiger partial charge < -0.3 is 0 Å². The molecule has 0 spiro atoms. The normalized spacial score (nSPS) is 10.5. The number of rotatable bonds is 6. The van der Waals surface area contributed by atoms with Gasteiger partial charge in [-0.25, -0.2) is 0 Å². The summed E-state index contributed by atoms with van der Waals surface area (Å²) in [6.07, 6.45) is 3.27. The number of unbranched alkanes of at least 4 members (excludes halogenated alkanes) is 1. The summed E-state index contributed by atoms with van der Waals surface area (Å²) >= 11 is 0. The average molecular weight is 314 g/mol. The summed E-state index contributed by atoms with van der Waals surface area (Å²) in [5.41, 5.74) is 4.98. The predicted octanol–water partition coefficient (Wildman–Crippen LogP) is 5.93. The fraction of sp³-hybridized carbons (Fsp3) is 0.174. The van der Waals surface area contributed by atoms with Gasteiger partial charge in [0.25, 0.3) is 0 Å². The molecule has 0 N–H and O–H groups in total.